The minimum absolute atomic E-state index is 0.783. The third-order valence-electron chi connectivity index (χ3n) is 0.678. The molecule has 0 bridgehead atoms. The summed E-state index contributed by atoms with van der Waals surface area (Å²) in [5.74, 6) is 0. The lowest BCUT2D eigenvalue weighted by atomic mass is 10.5. The average molecular weight is 121 g/mol. The van der Waals surface area contributed by atoms with Crippen molar-refractivity contribution in [2.75, 3.05) is 13.6 Å². The van der Waals surface area contributed by atoms with Gasteiger partial charge in [0.15, 0.2) is 0 Å². The van der Waals surface area contributed by atoms with Crippen molar-refractivity contribution in [2.24, 2.45) is 0 Å². The van der Waals surface area contributed by atoms with E-state index in [0.717, 1.165) is 25.2 Å². The molecule has 2 nitrogen and oxygen atoms in total. The van der Waals surface area contributed by atoms with E-state index in [9.17, 15) is 0 Å². The molecule has 0 spiro atoms. The Bertz CT molecular complexity index is 42.7. The Balaban J connectivity index is 2.83. The first-order valence-corrected chi connectivity index (χ1v) is 3.07. The van der Waals surface area contributed by atoms with Crippen LogP contribution in [0.4, 0.5) is 0 Å². The highest BCUT2D eigenvalue weighted by molar-refractivity contribution is 7.91. The Kier molecular flexibility index (Phi) is 4.60. The average Bonchev–Trinajstić information content (AvgIpc) is 1.68. The molecular weight excluding hydrogens is 110 g/mol. The van der Waals surface area contributed by atoms with E-state index in [1.54, 1.807) is 4.31 Å². The number of hydrogen-bond acceptors (Lipinski definition) is 3. The van der Waals surface area contributed by atoms with E-state index in [0.29, 0.717) is 0 Å². The minimum Gasteiger partial charge on any atom is -0.317 e. The maximum atomic E-state index is 8.31. The zero-order valence-corrected chi connectivity index (χ0v) is 5.53. The van der Waals surface area contributed by atoms with E-state index in [1.165, 1.54) is 0 Å². The first-order chi connectivity index (χ1) is 3.31. The quantitative estimate of drug-likeness (QED) is 0.451. The van der Waals surface area contributed by atoms with E-state index < -0.39 is 0 Å². The molecule has 0 heterocycles. The molecule has 0 rings (SSSR count). The van der Waals surface area contributed by atoms with Gasteiger partial charge in [0.2, 0.25) is 0 Å². The summed E-state index contributed by atoms with van der Waals surface area (Å²) in [4.78, 5) is 0. The molecule has 3 heteroatoms. The van der Waals surface area contributed by atoms with Crippen LogP contribution >= 0.6 is 12.2 Å². The highest BCUT2D eigenvalue weighted by Crippen LogP contribution is 1.98. The monoisotopic (exact) mass is 121 g/mol. The van der Waals surface area contributed by atoms with Gasteiger partial charge in [0.1, 0.15) is 0 Å². The molecule has 0 atom stereocenters. The summed E-state index contributed by atoms with van der Waals surface area (Å²) in [5.41, 5.74) is 0. The van der Waals surface area contributed by atoms with E-state index in [1.807, 2.05) is 7.05 Å². The number of nitrogens with zero attached hydrogens (tertiary/aromatic N) is 1. The molecule has 0 aromatic carbocycles. The third kappa shape index (κ3) is 4.12. The van der Waals surface area contributed by atoms with Gasteiger partial charge in [0, 0.05) is 6.54 Å². The lowest BCUT2D eigenvalue weighted by molar-refractivity contribution is 0.507. The van der Waals surface area contributed by atoms with Crippen molar-refractivity contribution in [3.05, 3.63) is 0 Å². The summed E-state index contributed by atoms with van der Waals surface area (Å²) in [7, 11) is 1.86. The Morgan fingerprint density at radius 3 is 2.43 bits per heavy atom. The zero-order chi connectivity index (χ0) is 5.70. The molecular formula is C4H11NOS. The summed E-state index contributed by atoms with van der Waals surface area (Å²) in [6.45, 7) is 3.02. The Morgan fingerprint density at radius 2 is 2.29 bits per heavy atom. The van der Waals surface area contributed by atoms with Gasteiger partial charge in [0.05, 0.1) is 12.2 Å². The van der Waals surface area contributed by atoms with Crippen LogP contribution in [0.1, 0.15) is 13.3 Å². The van der Waals surface area contributed by atoms with Crippen molar-refractivity contribution in [3.63, 3.8) is 0 Å². The number of hydrogen-bond donors (Lipinski definition) is 1. The summed E-state index contributed by atoms with van der Waals surface area (Å²) in [5, 5.41) is 0. The predicted molar refractivity (Wildman–Crippen MR) is 33.1 cm³/mol. The van der Waals surface area contributed by atoms with Crippen LogP contribution in [0.15, 0.2) is 0 Å². The molecule has 44 valence electrons. The maximum Gasteiger partial charge on any atom is 0.0787 e. The fraction of sp³-hybridized carbons (Fsp3) is 1.00. The predicted octanol–water partition coefficient (Wildman–Crippen LogP) is 1.45. The Labute approximate surface area is 48.9 Å². The molecule has 0 fully saturated rings. The summed E-state index contributed by atoms with van der Waals surface area (Å²) in [6.07, 6.45) is 1.09. The topological polar surface area (TPSA) is 23.5 Å². The van der Waals surface area contributed by atoms with Crippen LogP contribution in [-0.2, 0) is 0 Å². The van der Waals surface area contributed by atoms with Crippen LogP contribution < -0.4 is 0 Å². The van der Waals surface area contributed by atoms with Crippen molar-refractivity contribution < 1.29 is 4.55 Å². The second-order valence-electron chi connectivity index (χ2n) is 1.43. The molecule has 0 unspecified atom stereocenters. The van der Waals surface area contributed by atoms with Gasteiger partial charge < -0.3 is 4.55 Å². The molecule has 0 saturated carbocycles. The van der Waals surface area contributed by atoms with E-state index in [4.69, 9.17) is 4.55 Å². The molecule has 0 saturated heterocycles. The van der Waals surface area contributed by atoms with Gasteiger partial charge in [0.25, 0.3) is 0 Å². The molecule has 0 aromatic rings. The molecule has 1 N–H and O–H groups in total. The van der Waals surface area contributed by atoms with Gasteiger partial charge in [-0.15, -0.1) is 0 Å². The minimum atomic E-state index is 0.783. The standard InChI is InChI=1S/C4H11NOS/c1-3-4-5(2)7-6/h6H,3-4H2,1-2H3. The van der Waals surface area contributed by atoms with Crippen molar-refractivity contribution in [1.82, 2.24) is 4.31 Å². The zero-order valence-electron chi connectivity index (χ0n) is 4.72. The SMILES string of the molecule is CCCN(C)SO. The second-order valence-corrected chi connectivity index (χ2v) is 2.22. The van der Waals surface area contributed by atoms with Crippen molar-refractivity contribution >= 4 is 12.2 Å². The molecule has 0 aliphatic carbocycles. The fourth-order valence-corrected chi connectivity index (χ4v) is 0.620. The van der Waals surface area contributed by atoms with Crippen LogP contribution in [0.3, 0.4) is 0 Å². The molecule has 0 aromatic heterocycles. The van der Waals surface area contributed by atoms with E-state index >= 15 is 0 Å². The smallest absolute Gasteiger partial charge is 0.0787 e. The van der Waals surface area contributed by atoms with Crippen LogP contribution in [0.2, 0.25) is 0 Å². The van der Waals surface area contributed by atoms with Crippen molar-refractivity contribution in [3.8, 4) is 0 Å². The first-order valence-electron chi connectivity index (χ1n) is 2.34. The summed E-state index contributed by atoms with van der Waals surface area (Å²) < 4.78 is 10.1. The molecule has 0 amide bonds. The van der Waals surface area contributed by atoms with Gasteiger partial charge in [-0.1, -0.05) is 6.92 Å². The molecule has 0 aliphatic rings. The highest BCUT2D eigenvalue weighted by Gasteiger charge is 1.89. The molecule has 0 aliphatic heterocycles. The normalized spacial score (nSPS) is 10.3. The second kappa shape index (κ2) is 4.43. The van der Waals surface area contributed by atoms with Gasteiger partial charge in [-0.3, -0.25) is 0 Å². The lowest BCUT2D eigenvalue weighted by Crippen LogP contribution is -2.08. The lowest BCUT2D eigenvalue weighted by Gasteiger charge is -2.06. The van der Waals surface area contributed by atoms with Gasteiger partial charge >= 0.3 is 0 Å². The van der Waals surface area contributed by atoms with Crippen molar-refractivity contribution in [2.45, 2.75) is 13.3 Å². The van der Waals surface area contributed by atoms with Crippen LogP contribution in [-0.4, -0.2) is 22.5 Å². The Hall–Kier alpha value is 0.270. The van der Waals surface area contributed by atoms with E-state index in [2.05, 4.69) is 6.92 Å². The summed E-state index contributed by atoms with van der Waals surface area (Å²) in [6, 6.07) is 0. The van der Waals surface area contributed by atoms with Crippen molar-refractivity contribution in [1.29, 1.82) is 0 Å². The highest BCUT2D eigenvalue weighted by atomic mass is 32.2. The largest absolute Gasteiger partial charge is 0.317 e. The van der Waals surface area contributed by atoms with Gasteiger partial charge in [-0.2, -0.15) is 0 Å². The first kappa shape index (κ1) is 7.27. The van der Waals surface area contributed by atoms with Gasteiger partial charge in [-0.05, 0) is 13.5 Å². The van der Waals surface area contributed by atoms with Gasteiger partial charge in [-0.25, -0.2) is 4.31 Å². The fourth-order valence-electron chi connectivity index (χ4n) is 0.356. The van der Waals surface area contributed by atoms with Crippen LogP contribution in [0, 0.1) is 0 Å². The number of rotatable bonds is 3. The molecule has 0 radical (unpaired) electrons. The summed E-state index contributed by atoms with van der Waals surface area (Å²) >= 11 is 0.783. The van der Waals surface area contributed by atoms with E-state index in [-0.39, 0.29) is 0 Å². The maximum absolute atomic E-state index is 8.31. The molecule has 7 heavy (non-hydrogen) atoms. The van der Waals surface area contributed by atoms with Crippen LogP contribution in [0.25, 0.3) is 0 Å². The third-order valence-corrected chi connectivity index (χ3v) is 1.14. The van der Waals surface area contributed by atoms with Crippen LogP contribution in [0.5, 0.6) is 0 Å². The Morgan fingerprint density at radius 1 is 1.71 bits per heavy atom.